The van der Waals surface area contributed by atoms with Crippen molar-refractivity contribution in [2.45, 2.75) is 50.9 Å². The van der Waals surface area contributed by atoms with Gasteiger partial charge in [0.05, 0.1) is 5.56 Å². The van der Waals surface area contributed by atoms with Crippen LogP contribution in [0.15, 0.2) is 24.3 Å². The van der Waals surface area contributed by atoms with E-state index in [-0.39, 0.29) is 17.5 Å². The molecule has 1 aromatic carbocycles. The second-order valence-electron chi connectivity index (χ2n) is 5.90. The molecule has 0 atom stereocenters. The maximum Gasteiger partial charge on any atom is 0.573 e. The fourth-order valence-corrected chi connectivity index (χ4v) is 2.70. The number of rotatable bonds is 5. The Morgan fingerprint density at radius 3 is 2.20 bits per heavy atom. The van der Waals surface area contributed by atoms with Crippen LogP contribution in [0.4, 0.5) is 13.2 Å². The van der Waals surface area contributed by atoms with Crippen LogP contribution >= 0.6 is 0 Å². The lowest BCUT2D eigenvalue weighted by Gasteiger charge is -2.16. The predicted molar refractivity (Wildman–Crippen MR) is 83.0 cm³/mol. The van der Waals surface area contributed by atoms with E-state index in [1.54, 1.807) is 0 Å². The van der Waals surface area contributed by atoms with Crippen LogP contribution in [0.3, 0.4) is 0 Å². The van der Waals surface area contributed by atoms with E-state index >= 15 is 0 Å². The minimum Gasteiger partial charge on any atom is -0.452 e. The molecule has 0 radical (unpaired) electrons. The van der Waals surface area contributed by atoms with E-state index < -0.39 is 24.7 Å². The zero-order valence-electron chi connectivity index (χ0n) is 13.6. The summed E-state index contributed by atoms with van der Waals surface area (Å²) in [5.41, 5.74) is 0.0387. The Morgan fingerprint density at radius 1 is 1.04 bits per heavy atom. The van der Waals surface area contributed by atoms with Gasteiger partial charge in [-0.1, -0.05) is 25.7 Å². The topological polar surface area (TPSA) is 64.6 Å². The molecule has 25 heavy (non-hydrogen) atoms. The van der Waals surface area contributed by atoms with Crippen molar-refractivity contribution in [3.8, 4) is 5.75 Å². The Hall–Kier alpha value is -2.25. The molecule has 2 rings (SSSR count). The van der Waals surface area contributed by atoms with E-state index in [1.807, 2.05) is 0 Å². The average molecular weight is 359 g/mol. The second-order valence-corrected chi connectivity index (χ2v) is 5.90. The minimum absolute atomic E-state index is 0.0387. The first-order valence-corrected chi connectivity index (χ1v) is 8.16. The number of hydrogen-bond acceptors (Lipinski definition) is 4. The van der Waals surface area contributed by atoms with E-state index in [2.05, 4.69) is 10.1 Å². The van der Waals surface area contributed by atoms with Crippen LogP contribution in [0.5, 0.6) is 5.75 Å². The van der Waals surface area contributed by atoms with Gasteiger partial charge >= 0.3 is 12.3 Å². The Balaban J connectivity index is 1.78. The molecule has 1 amide bonds. The Morgan fingerprint density at radius 2 is 1.64 bits per heavy atom. The van der Waals surface area contributed by atoms with E-state index in [1.165, 1.54) is 0 Å². The first-order valence-electron chi connectivity index (χ1n) is 8.16. The molecule has 0 aliphatic heterocycles. The fraction of sp³-hybridized carbons (Fsp3) is 0.529. The van der Waals surface area contributed by atoms with Crippen molar-refractivity contribution in [1.29, 1.82) is 0 Å². The molecular weight excluding hydrogens is 339 g/mol. The number of carbonyl (C=O) groups excluding carboxylic acids is 2. The molecule has 0 aromatic heterocycles. The van der Waals surface area contributed by atoms with Gasteiger partial charge in [0.15, 0.2) is 6.61 Å². The maximum atomic E-state index is 12.1. The van der Waals surface area contributed by atoms with Gasteiger partial charge in [-0.2, -0.15) is 0 Å². The van der Waals surface area contributed by atoms with Crippen LogP contribution in [0, 0.1) is 0 Å². The van der Waals surface area contributed by atoms with Crippen molar-refractivity contribution in [1.82, 2.24) is 5.32 Å². The normalized spacial score (nSPS) is 16.0. The van der Waals surface area contributed by atoms with Crippen LogP contribution < -0.4 is 10.1 Å². The largest absolute Gasteiger partial charge is 0.573 e. The highest BCUT2D eigenvalue weighted by atomic mass is 19.4. The minimum atomic E-state index is -4.79. The molecule has 1 aromatic rings. The molecule has 1 N–H and O–H groups in total. The van der Waals surface area contributed by atoms with E-state index in [0.717, 1.165) is 62.8 Å². The smallest absolute Gasteiger partial charge is 0.452 e. The van der Waals surface area contributed by atoms with Crippen LogP contribution in [-0.2, 0) is 9.53 Å². The number of carbonyl (C=O) groups is 2. The fourth-order valence-electron chi connectivity index (χ4n) is 2.70. The van der Waals surface area contributed by atoms with Gasteiger partial charge in [-0.15, -0.1) is 13.2 Å². The average Bonchev–Trinajstić information content (AvgIpc) is 2.80. The number of amides is 1. The predicted octanol–water partition coefficient (Wildman–Crippen LogP) is 3.58. The number of hydrogen-bond donors (Lipinski definition) is 1. The molecule has 0 saturated heterocycles. The molecule has 0 heterocycles. The third-order valence-electron chi connectivity index (χ3n) is 3.88. The number of halogens is 3. The van der Waals surface area contributed by atoms with Gasteiger partial charge in [0, 0.05) is 6.04 Å². The zero-order chi connectivity index (χ0) is 18.3. The van der Waals surface area contributed by atoms with Crippen molar-refractivity contribution in [2.75, 3.05) is 6.61 Å². The summed E-state index contributed by atoms with van der Waals surface area (Å²) in [5.74, 6) is -1.60. The van der Waals surface area contributed by atoms with E-state index in [9.17, 15) is 22.8 Å². The first-order chi connectivity index (χ1) is 11.8. The number of ether oxygens (including phenoxy) is 2. The molecule has 0 spiro atoms. The molecule has 5 nitrogen and oxygen atoms in total. The van der Waals surface area contributed by atoms with E-state index in [0.29, 0.717) is 0 Å². The lowest BCUT2D eigenvalue weighted by atomic mass is 10.1. The number of benzene rings is 1. The summed E-state index contributed by atoms with van der Waals surface area (Å²) < 4.78 is 44.8. The highest BCUT2D eigenvalue weighted by Crippen LogP contribution is 2.23. The Bertz CT molecular complexity index is 579. The summed E-state index contributed by atoms with van der Waals surface area (Å²) >= 11 is 0. The van der Waals surface area contributed by atoms with Crippen LogP contribution in [0.25, 0.3) is 0 Å². The first kappa shape index (κ1) is 19.1. The highest BCUT2D eigenvalue weighted by molar-refractivity contribution is 5.91. The van der Waals surface area contributed by atoms with Crippen molar-refractivity contribution < 1.29 is 32.2 Å². The standard InChI is InChI=1S/C17H20F3NO4/c18-17(19,20)25-14-9-7-12(8-10-14)16(23)24-11-15(22)21-13-5-3-1-2-4-6-13/h7-10,13H,1-6,11H2,(H,21,22). The summed E-state index contributed by atoms with van der Waals surface area (Å²) in [6, 6.07) is 4.41. The lowest BCUT2D eigenvalue weighted by Crippen LogP contribution is -2.37. The number of alkyl halides is 3. The van der Waals surface area contributed by atoms with Gasteiger partial charge in [0.25, 0.3) is 5.91 Å². The van der Waals surface area contributed by atoms with Crippen molar-refractivity contribution in [3.05, 3.63) is 29.8 Å². The van der Waals surface area contributed by atoms with Gasteiger partial charge in [0.1, 0.15) is 5.75 Å². The Labute approximate surface area is 143 Å². The quantitative estimate of drug-likeness (QED) is 0.645. The monoisotopic (exact) mass is 359 g/mol. The summed E-state index contributed by atoms with van der Waals surface area (Å²) in [5, 5.41) is 2.84. The summed E-state index contributed by atoms with van der Waals surface area (Å²) in [6.07, 6.45) is 1.50. The van der Waals surface area contributed by atoms with Gasteiger partial charge in [-0.25, -0.2) is 4.79 Å². The number of esters is 1. The van der Waals surface area contributed by atoms with Gasteiger partial charge in [-0.3, -0.25) is 4.79 Å². The third-order valence-corrected chi connectivity index (χ3v) is 3.88. The van der Waals surface area contributed by atoms with Crippen LogP contribution in [0.1, 0.15) is 48.9 Å². The third kappa shape index (κ3) is 7.03. The van der Waals surface area contributed by atoms with E-state index in [4.69, 9.17) is 4.74 Å². The molecule has 1 aliphatic rings. The van der Waals surface area contributed by atoms with Crippen molar-refractivity contribution in [2.24, 2.45) is 0 Å². The highest BCUT2D eigenvalue weighted by Gasteiger charge is 2.31. The lowest BCUT2D eigenvalue weighted by molar-refractivity contribution is -0.274. The molecular formula is C17H20F3NO4. The van der Waals surface area contributed by atoms with Gasteiger partial charge in [-0.05, 0) is 37.1 Å². The van der Waals surface area contributed by atoms with Crippen molar-refractivity contribution in [3.63, 3.8) is 0 Å². The van der Waals surface area contributed by atoms with Gasteiger partial charge < -0.3 is 14.8 Å². The Kier molecular flexibility index (Phi) is 6.66. The zero-order valence-corrected chi connectivity index (χ0v) is 13.6. The summed E-state index contributed by atoms with van der Waals surface area (Å²) in [6.45, 7) is -0.421. The SMILES string of the molecule is O=C(COC(=O)c1ccc(OC(F)(F)F)cc1)NC1CCCCCC1. The second kappa shape index (κ2) is 8.73. The molecule has 8 heteroatoms. The number of nitrogens with one attached hydrogen (secondary N) is 1. The molecule has 1 fully saturated rings. The van der Waals surface area contributed by atoms with Crippen molar-refractivity contribution >= 4 is 11.9 Å². The van der Waals surface area contributed by atoms with Crippen LogP contribution in [-0.4, -0.2) is 30.9 Å². The maximum absolute atomic E-state index is 12.1. The molecule has 1 saturated carbocycles. The summed E-state index contributed by atoms with van der Waals surface area (Å²) in [4.78, 5) is 23.7. The molecule has 138 valence electrons. The summed E-state index contributed by atoms with van der Waals surface area (Å²) in [7, 11) is 0. The molecule has 0 unspecified atom stereocenters. The molecule has 0 bridgehead atoms. The van der Waals surface area contributed by atoms with Crippen LogP contribution in [0.2, 0.25) is 0 Å². The van der Waals surface area contributed by atoms with Gasteiger partial charge in [0.2, 0.25) is 0 Å². The molecule has 1 aliphatic carbocycles.